The molecule has 2 saturated heterocycles. The highest BCUT2D eigenvalue weighted by atomic mass is 35.5. The van der Waals surface area contributed by atoms with Crippen molar-refractivity contribution in [1.82, 2.24) is 30.3 Å². The summed E-state index contributed by atoms with van der Waals surface area (Å²) >= 11 is 7.46. The second kappa shape index (κ2) is 15.4. The molecule has 0 spiro atoms. The fourth-order valence-corrected chi connectivity index (χ4v) is 5.75. The third-order valence-corrected chi connectivity index (χ3v) is 8.61. The van der Waals surface area contributed by atoms with Gasteiger partial charge in [-0.1, -0.05) is 11.6 Å². The SMILES string of the molecule is CN1CCN(CCC(=O)Nc2cc(Nc3cc(-c4cc(Cl)ccc4F)nnc3SCCNC(=O)C3COC(=O)C3)ccn2)CC1. The van der Waals surface area contributed by atoms with Crippen molar-refractivity contribution >= 4 is 58.3 Å². The number of halogens is 2. The average molecular weight is 657 g/mol. The molecular weight excluding hydrogens is 623 g/mol. The van der Waals surface area contributed by atoms with Crippen LogP contribution in [0.15, 0.2) is 47.6 Å². The third-order valence-electron chi connectivity index (χ3n) is 7.39. The fourth-order valence-electron chi connectivity index (χ4n) is 4.82. The summed E-state index contributed by atoms with van der Waals surface area (Å²) in [7, 11) is 2.09. The first kappa shape index (κ1) is 32.5. The molecule has 2 aliphatic heterocycles. The van der Waals surface area contributed by atoms with Crippen LogP contribution in [0.2, 0.25) is 5.02 Å². The van der Waals surface area contributed by atoms with Gasteiger partial charge in [0, 0.05) is 80.0 Å². The van der Waals surface area contributed by atoms with Gasteiger partial charge in [0.1, 0.15) is 23.3 Å². The fraction of sp³-hybridized carbons (Fsp3) is 0.400. The summed E-state index contributed by atoms with van der Waals surface area (Å²) in [4.78, 5) is 45.1. The molecule has 2 fully saturated rings. The number of hydrogen-bond acceptors (Lipinski definition) is 11. The Bertz CT molecular complexity index is 1540. The molecule has 2 aromatic heterocycles. The number of anilines is 3. The topological polar surface area (TPSA) is 142 Å². The predicted molar refractivity (Wildman–Crippen MR) is 170 cm³/mol. The van der Waals surface area contributed by atoms with E-state index in [-0.39, 0.29) is 42.1 Å². The lowest BCUT2D eigenvalue weighted by Crippen LogP contribution is -2.45. The van der Waals surface area contributed by atoms with E-state index in [4.69, 9.17) is 16.3 Å². The van der Waals surface area contributed by atoms with E-state index in [0.717, 1.165) is 26.2 Å². The Morgan fingerprint density at radius 1 is 1.13 bits per heavy atom. The van der Waals surface area contributed by atoms with Crippen molar-refractivity contribution in [3.05, 3.63) is 53.4 Å². The molecule has 0 aliphatic carbocycles. The number of likely N-dealkylation sites (N-methyl/N-ethyl adjacent to an activating group) is 1. The monoisotopic (exact) mass is 656 g/mol. The van der Waals surface area contributed by atoms with Crippen LogP contribution in [0.4, 0.5) is 21.6 Å². The molecule has 12 nitrogen and oxygen atoms in total. The van der Waals surface area contributed by atoms with E-state index in [1.807, 2.05) is 0 Å². The molecule has 0 saturated carbocycles. The van der Waals surface area contributed by atoms with Crippen LogP contribution in [0.5, 0.6) is 0 Å². The molecule has 238 valence electrons. The van der Waals surface area contributed by atoms with Crippen molar-refractivity contribution < 1.29 is 23.5 Å². The van der Waals surface area contributed by atoms with Crippen molar-refractivity contribution in [2.24, 2.45) is 5.92 Å². The summed E-state index contributed by atoms with van der Waals surface area (Å²) in [6.07, 6.45) is 2.00. The Morgan fingerprint density at radius 2 is 1.96 bits per heavy atom. The van der Waals surface area contributed by atoms with Crippen LogP contribution in [-0.2, 0) is 19.1 Å². The lowest BCUT2D eigenvalue weighted by molar-refractivity contribution is -0.138. The minimum absolute atomic E-state index is 0.0741. The van der Waals surface area contributed by atoms with Gasteiger partial charge in [0.05, 0.1) is 23.7 Å². The number of nitrogens with zero attached hydrogens (tertiary/aromatic N) is 5. The Hall–Kier alpha value is -3.85. The van der Waals surface area contributed by atoms with Crippen LogP contribution >= 0.6 is 23.4 Å². The number of carbonyl (C=O) groups excluding carboxylic acids is 3. The van der Waals surface area contributed by atoms with Crippen LogP contribution in [-0.4, -0.2) is 101 Å². The first-order valence-corrected chi connectivity index (χ1v) is 15.9. The number of pyridine rings is 1. The maximum atomic E-state index is 14.7. The Labute approximate surface area is 269 Å². The average Bonchev–Trinajstić information content (AvgIpc) is 3.47. The van der Waals surface area contributed by atoms with Gasteiger partial charge in [-0.3, -0.25) is 14.4 Å². The van der Waals surface area contributed by atoms with Gasteiger partial charge < -0.3 is 30.5 Å². The number of esters is 1. The standard InChI is InChI=1S/C30H34ClFN8O4S/c1-39-9-11-40(12-10-39)8-5-27(41)36-26-16-21(4-6-33-26)35-25-17-24(22-15-20(31)2-3-23(22)32)37-38-30(25)45-13-7-34-29(43)19-14-28(42)44-18-19/h2-4,6,15-17,19H,5,7-14,18H2,1H3,(H,34,43)(H2,33,35,36,37,41). The Balaban J connectivity index is 1.25. The molecule has 1 aromatic carbocycles. The number of hydrogen-bond donors (Lipinski definition) is 3. The molecule has 3 N–H and O–H groups in total. The number of ether oxygens (including phenoxy) is 1. The second-order valence-corrected chi connectivity index (χ2v) is 12.3. The lowest BCUT2D eigenvalue weighted by atomic mass is 10.1. The molecule has 2 aliphatic rings. The Kier molecular flexibility index (Phi) is 11.2. The van der Waals surface area contributed by atoms with Crippen molar-refractivity contribution in [3.63, 3.8) is 0 Å². The zero-order chi connectivity index (χ0) is 31.8. The van der Waals surface area contributed by atoms with Crippen LogP contribution < -0.4 is 16.0 Å². The molecule has 45 heavy (non-hydrogen) atoms. The van der Waals surface area contributed by atoms with Gasteiger partial charge >= 0.3 is 5.97 Å². The van der Waals surface area contributed by atoms with E-state index >= 15 is 0 Å². The van der Waals surface area contributed by atoms with Crippen molar-refractivity contribution in [2.45, 2.75) is 17.9 Å². The number of aromatic nitrogens is 3. The number of benzene rings is 1. The van der Waals surface area contributed by atoms with Gasteiger partial charge in [-0.05, 0) is 37.4 Å². The van der Waals surface area contributed by atoms with Crippen LogP contribution in [0.3, 0.4) is 0 Å². The van der Waals surface area contributed by atoms with Crippen LogP contribution in [0.1, 0.15) is 12.8 Å². The summed E-state index contributed by atoms with van der Waals surface area (Å²) in [5.74, 6) is -0.898. The second-order valence-electron chi connectivity index (χ2n) is 10.8. The van der Waals surface area contributed by atoms with Gasteiger partial charge in [0.2, 0.25) is 11.8 Å². The van der Waals surface area contributed by atoms with Gasteiger partial charge in [0.25, 0.3) is 0 Å². The van der Waals surface area contributed by atoms with E-state index in [0.29, 0.717) is 52.5 Å². The number of thioether (sulfide) groups is 1. The van der Waals surface area contributed by atoms with E-state index in [1.165, 1.54) is 30.0 Å². The van der Waals surface area contributed by atoms with E-state index in [1.54, 1.807) is 24.4 Å². The molecule has 15 heteroatoms. The molecule has 0 bridgehead atoms. The zero-order valence-corrected chi connectivity index (χ0v) is 26.3. The maximum Gasteiger partial charge on any atom is 0.306 e. The number of cyclic esters (lactones) is 1. The summed E-state index contributed by atoms with van der Waals surface area (Å²) in [5, 5.41) is 18.4. The minimum Gasteiger partial charge on any atom is -0.465 e. The summed E-state index contributed by atoms with van der Waals surface area (Å²) in [6, 6.07) is 9.30. The first-order valence-electron chi connectivity index (χ1n) is 14.6. The first-order chi connectivity index (χ1) is 21.7. The van der Waals surface area contributed by atoms with Crippen LogP contribution in [0.25, 0.3) is 11.3 Å². The Morgan fingerprint density at radius 3 is 2.73 bits per heavy atom. The molecule has 1 unspecified atom stereocenters. The number of rotatable bonds is 12. The molecule has 2 amide bonds. The number of amides is 2. The largest absolute Gasteiger partial charge is 0.465 e. The number of piperazine rings is 1. The molecule has 1 atom stereocenters. The maximum absolute atomic E-state index is 14.7. The highest BCUT2D eigenvalue weighted by molar-refractivity contribution is 7.99. The van der Waals surface area contributed by atoms with Gasteiger partial charge in [-0.15, -0.1) is 22.0 Å². The van der Waals surface area contributed by atoms with Crippen molar-refractivity contribution in [3.8, 4) is 11.3 Å². The van der Waals surface area contributed by atoms with Crippen molar-refractivity contribution in [1.29, 1.82) is 0 Å². The molecule has 3 aromatic rings. The highest BCUT2D eigenvalue weighted by Gasteiger charge is 2.29. The molecular formula is C30H34ClFN8O4S. The minimum atomic E-state index is -0.498. The predicted octanol–water partition coefficient (Wildman–Crippen LogP) is 3.42. The van der Waals surface area contributed by atoms with Crippen molar-refractivity contribution in [2.75, 3.05) is 69.3 Å². The quantitative estimate of drug-likeness (QED) is 0.150. The van der Waals surface area contributed by atoms with E-state index in [9.17, 15) is 18.8 Å². The molecule has 0 radical (unpaired) electrons. The number of nitrogens with one attached hydrogen (secondary N) is 3. The molecule has 5 rings (SSSR count). The molecule has 4 heterocycles. The summed E-state index contributed by atoms with van der Waals surface area (Å²) in [6.45, 7) is 4.93. The lowest BCUT2D eigenvalue weighted by Gasteiger charge is -2.32. The smallest absolute Gasteiger partial charge is 0.306 e. The van der Waals surface area contributed by atoms with Gasteiger partial charge in [-0.2, -0.15) is 0 Å². The summed E-state index contributed by atoms with van der Waals surface area (Å²) < 4.78 is 19.6. The van der Waals surface area contributed by atoms with E-state index in [2.05, 4.69) is 48.0 Å². The number of carbonyl (C=O) groups is 3. The summed E-state index contributed by atoms with van der Waals surface area (Å²) in [5.41, 5.74) is 1.61. The van der Waals surface area contributed by atoms with E-state index < -0.39 is 11.7 Å². The van der Waals surface area contributed by atoms with Gasteiger partial charge in [-0.25, -0.2) is 9.37 Å². The van der Waals surface area contributed by atoms with Crippen LogP contribution in [0, 0.1) is 11.7 Å². The third kappa shape index (κ3) is 9.33. The van der Waals surface area contributed by atoms with Gasteiger partial charge in [0.15, 0.2) is 0 Å². The highest BCUT2D eigenvalue weighted by Crippen LogP contribution is 2.32. The normalized spacial score (nSPS) is 17.1. The zero-order valence-electron chi connectivity index (χ0n) is 24.7.